The first kappa shape index (κ1) is 83.1. The molecule has 3 heterocycles. The standard InChI is InChI=1S/C68H100N18O17/c1-36(2)29-48(60(95)77-45(20-13-27-74-68(71)72)58(93)80-49(30-39-15-7-6-8-16-39)61(96)83-51(67(102)103)32-41-34-73-35-76-41)81-63(98)52-21-14-28-86(52)66(101)47(19-11-12-26-69)79-59(94)46(23-25-54(90)91)78-62(97)50(31-40-33-75-44-18-10-9-17-42(40)44)82-64(99)55(37(3)4)84-65(100)56(38(5)87)85-57(92)43(70)22-24-53(88)89/h6-10,15-18,33-38,43,45-52,55-56,75,87H,11-14,19-32,69-70H2,1-5H3,(H,73,76)(H,77,95)(H,78,97)(H,79,94)(H,80,93)(H,81,98)(H,82,99)(H,83,96)(H,84,100)(H,85,92)(H,88,89)(H,90,91)(H,102,103)(H4,71,72,74)/t38-,43+,45+,46+,47+,48+,49+,50+,51+,52+,55+,56+/m1/s1. The zero-order valence-corrected chi connectivity index (χ0v) is 58.5. The lowest BCUT2D eigenvalue weighted by atomic mass is 9.99. The average Bonchev–Trinajstić information content (AvgIpc) is 1.76. The Hall–Kier alpha value is -10.6. The van der Waals surface area contributed by atoms with Gasteiger partial charge in [0.1, 0.15) is 60.4 Å². The number of benzene rings is 2. The van der Waals surface area contributed by atoms with Crippen molar-refractivity contribution in [1.82, 2.24) is 67.7 Å². The summed E-state index contributed by atoms with van der Waals surface area (Å²) in [5, 5.41) is 63.8. The number of aliphatic carboxylic acids is 3. The maximum Gasteiger partial charge on any atom is 0.326 e. The van der Waals surface area contributed by atoms with Crippen molar-refractivity contribution in [3.63, 3.8) is 0 Å². The maximum atomic E-state index is 15.0. The molecule has 35 heteroatoms. The molecule has 0 radical (unpaired) electrons. The number of amides is 10. The Kier molecular flexibility index (Phi) is 33.4. The number of nitrogens with one attached hydrogen (secondary N) is 11. The Morgan fingerprint density at radius 3 is 1.75 bits per heavy atom. The van der Waals surface area contributed by atoms with Gasteiger partial charge in [-0.2, -0.15) is 0 Å². The number of nitrogens with two attached hydrogens (primary N) is 4. The minimum Gasteiger partial charge on any atom is -0.481 e. The average molecular weight is 1440 g/mol. The van der Waals surface area contributed by atoms with E-state index in [0.29, 0.717) is 34.1 Å². The Bertz CT molecular complexity index is 3570. The number of imidazole rings is 1. The second kappa shape index (κ2) is 41.4. The number of para-hydroxylation sites is 1. The molecule has 4 aromatic rings. The fourth-order valence-electron chi connectivity index (χ4n) is 11.6. The molecule has 5 rings (SSSR count). The van der Waals surface area contributed by atoms with Crippen LogP contribution in [0.4, 0.5) is 0 Å². The van der Waals surface area contributed by atoms with Crippen LogP contribution >= 0.6 is 0 Å². The van der Waals surface area contributed by atoms with Crippen molar-refractivity contribution in [2.45, 2.75) is 203 Å². The molecule has 0 aliphatic carbocycles. The van der Waals surface area contributed by atoms with E-state index >= 15 is 0 Å². The van der Waals surface area contributed by atoms with E-state index in [1.165, 1.54) is 24.3 Å². The highest BCUT2D eigenvalue weighted by atomic mass is 16.4. The number of fused-ring (bicyclic) bond motifs is 1. The maximum absolute atomic E-state index is 15.0. The number of carbonyl (C=O) groups excluding carboxylic acids is 10. The minimum absolute atomic E-state index is 0.00330. The van der Waals surface area contributed by atoms with Crippen LogP contribution in [0.25, 0.3) is 10.9 Å². The first-order valence-electron chi connectivity index (χ1n) is 34.3. The Morgan fingerprint density at radius 1 is 0.592 bits per heavy atom. The molecule has 2 aromatic heterocycles. The number of carboxylic acid groups (broad SMARTS) is 3. The summed E-state index contributed by atoms with van der Waals surface area (Å²) >= 11 is 0. The van der Waals surface area contributed by atoms with Crippen molar-refractivity contribution in [2.75, 3.05) is 19.6 Å². The molecule has 0 saturated carbocycles. The van der Waals surface area contributed by atoms with Gasteiger partial charge in [0, 0.05) is 74.2 Å². The molecule has 2 aromatic carbocycles. The van der Waals surface area contributed by atoms with Crippen molar-refractivity contribution in [3.8, 4) is 0 Å². The third-order valence-electron chi connectivity index (χ3n) is 17.2. The first-order chi connectivity index (χ1) is 48.9. The van der Waals surface area contributed by atoms with Crippen LogP contribution < -0.4 is 70.8 Å². The van der Waals surface area contributed by atoms with Gasteiger partial charge in [0.25, 0.3) is 0 Å². The lowest BCUT2D eigenvalue weighted by Gasteiger charge is -2.31. The molecular weight excluding hydrogens is 1340 g/mol. The number of aliphatic hydroxyl groups is 1. The molecule has 35 nitrogen and oxygen atoms in total. The lowest BCUT2D eigenvalue weighted by Crippen LogP contribution is -2.62. The van der Waals surface area contributed by atoms with Crippen molar-refractivity contribution in [3.05, 3.63) is 90.1 Å². The van der Waals surface area contributed by atoms with Gasteiger partial charge in [0.15, 0.2) is 5.96 Å². The smallest absolute Gasteiger partial charge is 0.326 e. The van der Waals surface area contributed by atoms with Crippen molar-refractivity contribution in [1.29, 1.82) is 0 Å². The quantitative estimate of drug-likeness (QED) is 0.0126. The van der Waals surface area contributed by atoms with Crippen molar-refractivity contribution < 1.29 is 82.8 Å². The van der Waals surface area contributed by atoms with E-state index in [0.717, 1.165) is 0 Å². The monoisotopic (exact) mass is 1440 g/mol. The van der Waals surface area contributed by atoms with Crippen LogP contribution in [0.1, 0.15) is 128 Å². The van der Waals surface area contributed by atoms with Gasteiger partial charge in [0.05, 0.1) is 18.5 Å². The van der Waals surface area contributed by atoms with Crippen molar-refractivity contribution >= 4 is 93.8 Å². The van der Waals surface area contributed by atoms with E-state index in [2.05, 4.69) is 67.8 Å². The number of H-pyrrole nitrogens is 2. The van der Waals surface area contributed by atoms with Gasteiger partial charge < -0.3 is 106 Å². The first-order valence-corrected chi connectivity index (χ1v) is 34.3. The number of carboxylic acids is 3. The fraction of sp³-hybridized carbons (Fsp3) is 0.544. The number of hydrogen-bond donors (Lipinski definition) is 19. The summed E-state index contributed by atoms with van der Waals surface area (Å²) < 4.78 is 0. The van der Waals surface area contributed by atoms with Gasteiger partial charge >= 0.3 is 17.9 Å². The van der Waals surface area contributed by atoms with Crippen LogP contribution in [0, 0.1) is 11.8 Å². The number of nitrogens with zero attached hydrogens (tertiary/aromatic N) is 3. The minimum atomic E-state index is -1.70. The molecular formula is C68H100N18O17. The van der Waals surface area contributed by atoms with E-state index in [1.54, 1.807) is 88.5 Å². The second-order valence-corrected chi connectivity index (χ2v) is 26.3. The molecule has 0 bridgehead atoms. The number of rotatable bonds is 44. The summed E-state index contributed by atoms with van der Waals surface area (Å²) in [6.45, 7) is 8.04. The number of carbonyl (C=O) groups is 13. The van der Waals surface area contributed by atoms with Crippen molar-refractivity contribution in [2.24, 2.45) is 39.8 Å². The fourth-order valence-corrected chi connectivity index (χ4v) is 11.6. The van der Waals surface area contributed by atoms with Gasteiger partial charge in [-0.1, -0.05) is 76.2 Å². The highest BCUT2D eigenvalue weighted by Gasteiger charge is 2.42. The van der Waals surface area contributed by atoms with Gasteiger partial charge in [0.2, 0.25) is 59.1 Å². The van der Waals surface area contributed by atoms with Crippen LogP contribution in [0.15, 0.2) is 78.3 Å². The molecule has 0 spiro atoms. The van der Waals surface area contributed by atoms with E-state index < -0.39 is 175 Å². The van der Waals surface area contributed by atoms with Crippen LogP contribution in [0.3, 0.4) is 0 Å². The van der Waals surface area contributed by atoms with E-state index in [-0.39, 0.29) is 102 Å². The Labute approximate surface area is 595 Å². The molecule has 23 N–H and O–H groups in total. The predicted molar refractivity (Wildman–Crippen MR) is 375 cm³/mol. The van der Waals surface area contributed by atoms with Gasteiger partial charge in [-0.05, 0) is 107 Å². The highest BCUT2D eigenvalue weighted by molar-refractivity contribution is 6.00. The molecule has 1 fully saturated rings. The molecule has 1 aliphatic rings. The molecule has 10 amide bonds. The van der Waals surface area contributed by atoms with E-state index in [9.17, 15) is 77.6 Å². The molecule has 103 heavy (non-hydrogen) atoms. The zero-order valence-electron chi connectivity index (χ0n) is 58.5. The summed E-state index contributed by atoms with van der Waals surface area (Å²) in [6.07, 6.45) is 1.20. The molecule has 1 saturated heterocycles. The number of aromatic amines is 2. The van der Waals surface area contributed by atoms with Gasteiger partial charge in [-0.25, -0.2) is 9.78 Å². The summed E-state index contributed by atoms with van der Waals surface area (Å²) in [5.41, 5.74) is 25.1. The number of guanidine groups is 1. The number of aliphatic hydroxyl groups excluding tert-OH is 1. The number of aromatic nitrogens is 3. The Morgan fingerprint density at radius 2 is 1.15 bits per heavy atom. The summed E-state index contributed by atoms with van der Waals surface area (Å²) in [6, 6.07) is -0.493. The SMILES string of the molecule is CC(C)C[C@H](NC(=O)[C@@H]1CCCN1C(=O)[C@H](CCCCN)NC(=O)[C@H](CCC(=O)O)NC(=O)[C@H](Cc1c[nH]c2ccccc12)NC(=O)[C@@H](NC(=O)[C@@H](NC(=O)[C@@H](N)CCC(=O)O)[C@@H](C)O)C(C)C)C(=O)N[C@@H](CCCN=C(N)N)C(=O)N[C@@H](Cc1ccccc1)C(=O)N[C@@H](Cc1cnc[nH]1)C(=O)O. The molecule has 0 unspecified atom stereocenters. The molecule has 12 atom stereocenters. The normalized spacial score (nSPS) is 16.0. The number of likely N-dealkylation sites (tertiary alicyclic amines) is 1. The molecule has 1 aliphatic heterocycles. The second-order valence-electron chi connectivity index (χ2n) is 26.3. The highest BCUT2D eigenvalue weighted by Crippen LogP contribution is 2.23. The van der Waals surface area contributed by atoms with Gasteiger partial charge in [-0.3, -0.25) is 62.5 Å². The summed E-state index contributed by atoms with van der Waals surface area (Å²) in [4.78, 5) is 194. The topological polar surface area (TPSA) is 575 Å². The van der Waals surface area contributed by atoms with E-state index in [1.807, 2.05) is 0 Å². The molecule has 564 valence electrons. The Balaban J connectivity index is 1.39. The predicted octanol–water partition coefficient (Wildman–Crippen LogP) is -2.32. The van der Waals surface area contributed by atoms with Crippen LogP contribution in [-0.4, -0.2) is 215 Å². The third kappa shape index (κ3) is 27.1. The van der Waals surface area contributed by atoms with Crippen LogP contribution in [-0.2, 0) is 81.6 Å². The third-order valence-corrected chi connectivity index (χ3v) is 17.2. The summed E-state index contributed by atoms with van der Waals surface area (Å²) in [7, 11) is 0. The van der Waals surface area contributed by atoms with Gasteiger partial charge in [-0.15, -0.1) is 0 Å². The van der Waals surface area contributed by atoms with Crippen LogP contribution in [0.5, 0.6) is 0 Å². The number of aliphatic imine (C=N–C) groups is 1. The van der Waals surface area contributed by atoms with E-state index in [4.69, 9.17) is 28.0 Å². The largest absolute Gasteiger partial charge is 0.481 e. The number of unbranched alkanes of at least 4 members (excludes halogenated alkanes) is 1. The lowest BCUT2D eigenvalue weighted by molar-refractivity contribution is -0.143. The number of hydrogen-bond acceptors (Lipinski definition) is 18. The summed E-state index contributed by atoms with van der Waals surface area (Å²) in [5.74, 6) is -14.2. The zero-order chi connectivity index (χ0) is 76.0. The van der Waals surface area contributed by atoms with Crippen LogP contribution in [0.2, 0.25) is 0 Å².